The molecule has 3 aromatic rings. The molecule has 5 rings (SSSR count). The van der Waals surface area contributed by atoms with Crippen molar-refractivity contribution in [3.05, 3.63) is 36.5 Å². The molecule has 10 nitrogen and oxygen atoms in total. The summed E-state index contributed by atoms with van der Waals surface area (Å²) in [6.45, 7) is 5.66. The number of rotatable bonds is 5. The lowest BCUT2D eigenvalue weighted by Gasteiger charge is -2.47. The molecule has 2 unspecified atom stereocenters. The lowest BCUT2D eigenvalue weighted by atomic mass is 9.84. The van der Waals surface area contributed by atoms with Gasteiger partial charge in [-0.25, -0.2) is 9.37 Å². The number of hydrogen-bond acceptors (Lipinski definition) is 9. The Morgan fingerprint density at radius 3 is 2.97 bits per heavy atom. The molecule has 4 heterocycles. The van der Waals surface area contributed by atoms with Crippen LogP contribution in [0.5, 0.6) is 5.75 Å². The zero-order valence-electron chi connectivity index (χ0n) is 18.0. The van der Waals surface area contributed by atoms with Crippen LogP contribution in [-0.4, -0.2) is 64.3 Å². The smallest absolute Gasteiger partial charge is 0.229 e. The van der Waals surface area contributed by atoms with Gasteiger partial charge in [0, 0.05) is 23.3 Å². The molecule has 3 N–H and O–H groups in total. The molecule has 2 atom stereocenters. The molecule has 2 aliphatic rings. The summed E-state index contributed by atoms with van der Waals surface area (Å²) in [4.78, 5) is 11.0. The van der Waals surface area contributed by atoms with E-state index < -0.39 is 5.82 Å². The molecule has 0 radical (unpaired) electrons. The number of anilines is 3. The summed E-state index contributed by atoms with van der Waals surface area (Å²) in [5.41, 5.74) is 1.07. The van der Waals surface area contributed by atoms with E-state index in [-0.39, 0.29) is 29.1 Å². The van der Waals surface area contributed by atoms with E-state index in [0.29, 0.717) is 17.4 Å². The number of nitrogens with zero attached hydrogens (tertiary/aromatic N) is 7. The van der Waals surface area contributed by atoms with E-state index >= 15 is 0 Å². The maximum absolute atomic E-state index is 14.5. The number of tetrazole rings is 1. The monoisotopic (exact) mass is 439 g/mol. The third-order valence-electron chi connectivity index (χ3n) is 6.37. The highest BCUT2D eigenvalue weighted by atomic mass is 19.1. The summed E-state index contributed by atoms with van der Waals surface area (Å²) in [5, 5.41) is 27.5. The van der Waals surface area contributed by atoms with Crippen molar-refractivity contribution in [1.29, 1.82) is 0 Å². The quantitative estimate of drug-likeness (QED) is 0.516. The van der Waals surface area contributed by atoms with Crippen LogP contribution in [-0.2, 0) is 0 Å². The molecule has 0 spiro atoms. The Bertz CT molecular complexity index is 1100. The Balaban J connectivity index is 1.34. The van der Waals surface area contributed by atoms with E-state index in [9.17, 15) is 9.50 Å². The third-order valence-corrected chi connectivity index (χ3v) is 6.37. The van der Waals surface area contributed by atoms with Gasteiger partial charge in [0.05, 0.1) is 6.20 Å². The molecule has 0 aliphatic carbocycles. The van der Waals surface area contributed by atoms with Crippen molar-refractivity contribution in [2.24, 2.45) is 0 Å². The fraction of sp³-hybridized carbons (Fsp3) is 0.476. The number of halogens is 1. The molecule has 1 aromatic carbocycles. The SMILES string of the molecule is CC1(C)CC(Nc2nc(Nc3ccc(O)c(-n4cnnn4)c3)ncc2F)CC2CCCN21. The van der Waals surface area contributed by atoms with Crippen LogP contribution in [0.15, 0.2) is 30.7 Å². The number of fused-ring (bicyclic) bond motifs is 1. The molecule has 0 amide bonds. The molecular formula is C21H26FN9O. The van der Waals surface area contributed by atoms with Gasteiger partial charge in [-0.05, 0) is 74.7 Å². The van der Waals surface area contributed by atoms with Gasteiger partial charge < -0.3 is 15.7 Å². The highest BCUT2D eigenvalue weighted by Crippen LogP contribution is 2.38. The van der Waals surface area contributed by atoms with Gasteiger partial charge >= 0.3 is 0 Å². The molecule has 0 saturated carbocycles. The van der Waals surface area contributed by atoms with Crippen LogP contribution in [0.2, 0.25) is 0 Å². The number of piperidine rings is 1. The van der Waals surface area contributed by atoms with Gasteiger partial charge in [-0.15, -0.1) is 5.10 Å². The first-order valence-electron chi connectivity index (χ1n) is 10.8. The average molecular weight is 439 g/mol. The Kier molecular flexibility index (Phi) is 5.12. The Labute approximate surface area is 184 Å². The summed E-state index contributed by atoms with van der Waals surface area (Å²) in [7, 11) is 0. The maximum Gasteiger partial charge on any atom is 0.229 e. The van der Waals surface area contributed by atoms with Crippen LogP contribution < -0.4 is 10.6 Å². The third kappa shape index (κ3) is 3.95. The van der Waals surface area contributed by atoms with E-state index in [1.54, 1.807) is 12.1 Å². The minimum Gasteiger partial charge on any atom is -0.506 e. The number of aromatic hydroxyl groups is 1. The van der Waals surface area contributed by atoms with Crippen molar-refractivity contribution in [2.45, 2.75) is 57.2 Å². The second kappa shape index (κ2) is 7.97. The van der Waals surface area contributed by atoms with Crippen LogP contribution >= 0.6 is 0 Å². The van der Waals surface area contributed by atoms with Gasteiger partial charge in [0.25, 0.3) is 0 Å². The molecule has 168 valence electrons. The van der Waals surface area contributed by atoms with E-state index in [0.717, 1.165) is 25.6 Å². The molecular weight excluding hydrogens is 413 g/mol. The van der Waals surface area contributed by atoms with Crippen LogP contribution in [0.4, 0.5) is 21.8 Å². The molecule has 2 aliphatic heterocycles. The first-order chi connectivity index (χ1) is 15.4. The molecule has 2 aromatic heterocycles. The van der Waals surface area contributed by atoms with Gasteiger partial charge in [-0.1, -0.05) is 0 Å². The van der Waals surface area contributed by atoms with Gasteiger partial charge in [-0.2, -0.15) is 9.67 Å². The Morgan fingerprint density at radius 1 is 1.28 bits per heavy atom. The molecule has 0 bridgehead atoms. The largest absolute Gasteiger partial charge is 0.506 e. The average Bonchev–Trinajstić information content (AvgIpc) is 3.44. The highest BCUT2D eigenvalue weighted by molar-refractivity contribution is 5.62. The topological polar surface area (TPSA) is 117 Å². The molecule has 32 heavy (non-hydrogen) atoms. The number of phenols is 1. The number of hydrogen-bond donors (Lipinski definition) is 3. The normalized spacial score (nSPS) is 22.5. The lowest BCUT2D eigenvalue weighted by Crippen LogP contribution is -2.55. The first-order valence-corrected chi connectivity index (χ1v) is 10.8. The van der Waals surface area contributed by atoms with Crippen molar-refractivity contribution >= 4 is 17.5 Å². The van der Waals surface area contributed by atoms with Crippen molar-refractivity contribution < 1.29 is 9.50 Å². The molecule has 2 saturated heterocycles. The minimum atomic E-state index is -0.484. The fourth-order valence-electron chi connectivity index (χ4n) is 5.03. The Hall–Kier alpha value is -3.34. The van der Waals surface area contributed by atoms with Gasteiger partial charge in [0.2, 0.25) is 5.95 Å². The van der Waals surface area contributed by atoms with Crippen molar-refractivity contribution in [1.82, 2.24) is 35.1 Å². The van der Waals surface area contributed by atoms with E-state index in [4.69, 9.17) is 0 Å². The summed E-state index contributed by atoms with van der Waals surface area (Å²) in [6.07, 6.45) is 6.84. The summed E-state index contributed by atoms with van der Waals surface area (Å²) >= 11 is 0. The maximum atomic E-state index is 14.5. The van der Waals surface area contributed by atoms with Crippen LogP contribution in [0.1, 0.15) is 39.5 Å². The predicted molar refractivity (Wildman–Crippen MR) is 117 cm³/mol. The zero-order valence-corrected chi connectivity index (χ0v) is 18.0. The second-order valence-corrected chi connectivity index (χ2v) is 9.06. The highest BCUT2D eigenvalue weighted by Gasteiger charge is 2.43. The lowest BCUT2D eigenvalue weighted by molar-refractivity contribution is 0.0500. The summed E-state index contributed by atoms with van der Waals surface area (Å²) in [5.74, 6) is -0.0255. The number of phenolic OH excluding ortho intramolecular Hbond substituents is 1. The second-order valence-electron chi connectivity index (χ2n) is 9.06. The van der Waals surface area contributed by atoms with Crippen LogP contribution in [0.3, 0.4) is 0 Å². The van der Waals surface area contributed by atoms with Crippen LogP contribution in [0.25, 0.3) is 5.69 Å². The van der Waals surface area contributed by atoms with Crippen LogP contribution in [0, 0.1) is 5.82 Å². The minimum absolute atomic E-state index is 0.0195. The summed E-state index contributed by atoms with van der Waals surface area (Å²) < 4.78 is 15.9. The molecule has 11 heteroatoms. The van der Waals surface area contributed by atoms with Gasteiger partial charge in [0.1, 0.15) is 17.8 Å². The fourth-order valence-corrected chi connectivity index (χ4v) is 5.03. The number of aromatic nitrogens is 6. The predicted octanol–water partition coefficient (Wildman–Crippen LogP) is 2.86. The van der Waals surface area contributed by atoms with Crippen molar-refractivity contribution in [3.63, 3.8) is 0 Å². The van der Waals surface area contributed by atoms with E-state index in [1.807, 2.05) is 0 Å². The van der Waals surface area contributed by atoms with E-state index in [2.05, 4.69) is 54.9 Å². The standard InChI is InChI=1S/C21H26FN9O/c1-21(2)10-14(8-15-4-3-7-30(15)21)25-19-16(22)11-23-20(27-19)26-13-5-6-18(32)17(9-13)31-12-24-28-29-31/h5-6,9,11-12,14-15,32H,3-4,7-8,10H2,1-2H3,(H2,23,25,26,27). The molecule has 2 fully saturated rings. The Morgan fingerprint density at radius 2 is 2.16 bits per heavy atom. The van der Waals surface area contributed by atoms with Gasteiger partial charge in [0.15, 0.2) is 11.6 Å². The van der Waals surface area contributed by atoms with E-state index in [1.165, 1.54) is 29.9 Å². The zero-order chi connectivity index (χ0) is 22.3. The number of nitrogens with one attached hydrogen (secondary N) is 2. The number of benzene rings is 1. The first kappa shape index (κ1) is 20.6. The summed E-state index contributed by atoms with van der Waals surface area (Å²) in [6, 6.07) is 5.51. The van der Waals surface area contributed by atoms with Gasteiger partial charge in [-0.3, -0.25) is 4.90 Å². The van der Waals surface area contributed by atoms with Crippen molar-refractivity contribution in [3.8, 4) is 11.4 Å². The van der Waals surface area contributed by atoms with Crippen molar-refractivity contribution in [2.75, 3.05) is 17.2 Å².